The highest BCUT2D eigenvalue weighted by atomic mass is 79.9. The van der Waals surface area contributed by atoms with E-state index < -0.39 is 5.97 Å². The third kappa shape index (κ3) is 5.59. The first-order valence-electron chi connectivity index (χ1n) is 5.94. The van der Waals surface area contributed by atoms with Crippen molar-refractivity contribution in [1.29, 1.82) is 0 Å². The van der Waals surface area contributed by atoms with Gasteiger partial charge in [0, 0.05) is 25.8 Å². The highest BCUT2D eigenvalue weighted by Crippen LogP contribution is 2.24. The van der Waals surface area contributed by atoms with E-state index in [0.717, 1.165) is 0 Å². The highest BCUT2D eigenvalue weighted by molar-refractivity contribution is 9.10. The molecule has 0 aliphatic heterocycles. The molecule has 5 nitrogen and oxygen atoms in total. The lowest BCUT2D eigenvalue weighted by Gasteiger charge is -2.08. The number of hydrogen-bond acceptors (Lipinski definition) is 5. The molecule has 1 aromatic rings. The molecule has 0 amide bonds. The SMILES string of the molecule is COCCOCCCOC(=O)c1cccc(N)c1Br. The van der Waals surface area contributed by atoms with Crippen molar-refractivity contribution in [3.8, 4) is 0 Å². The first-order chi connectivity index (χ1) is 9.16. The van der Waals surface area contributed by atoms with E-state index in [0.29, 0.717) is 48.6 Å². The van der Waals surface area contributed by atoms with Gasteiger partial charge in [-0.25, -0.2) is 4.79 Å². The van der Waals surface area contributed by atoms with Gasteiger partial charge in [0.1, 0.15) is 0 Å². The van der Waals surface area contributed by atoms with Crippen LogP contribution >= 0.6 is 15.9 Å². The quantitative estimate of drug-likeness (QED) is 0.449. The Morgan fingerprint density at radius 1 is 1.26 bits per heavy atom. The highest BCUT2D eigenvalue weighted by Gasteiger charge is 2.12. The van der Waals surface area contributed by atoms with Crippen molar-refractivity contribution >= 4 is 27.6 Å². The van der Waals surface area contributed by atoms with Crippen LogP contribution in [0.3, 0.4) is 0 Å². The van der Waals surface area contributed by atoms with Crippen LogP contribution in [0.15, 0.2) is 22.7 Å². The molecular formula is C13H18BrNO4. The van der Waals surface area contributed by atoms with Crippen LogP contribution in [-0.2, 0) is 14.2 Å². The number of hydrogen-bond donors (Lipinski definition) is 1. The average Bonchev–Trinajstić information content (AvgIpc) is 2.40. The lowest BCUT2D eigenvalue weighted by atomic mass is 10.2. The van der Waals surface area contributed by atoms with Gasteiger partial charge >= 0.3 is 5.97 Å². The van der Waals surface area contributed by atoms with Crippen molar-refractivity contribution in [1.82, 2.24) is 0 Å². The van der Waals surface area contributed by atoms with Gasteiger partial charge in [0.15, 0.2) is 0 Å². The Morgan fingerprint density at radius 3 is 2.79 bits per heavy atom. The number of methoxy groups -OCH3 is 1. The van der Waals surface area contributed by atoms with E-state index >= 15 is 0 Å². The van der Waals surface area contributed by atoms with Crippen LogP contribution in [-0.4, -0.2) is 39.5 Å². The number of rotatable bonds is 8. The molecule has 1 rings (SSSR count). The van der Waals surface area contributed by atoms with E-state index in [4.69, 9.17) is 19.9 Å². The van der Waals surface area contributed by atoms with Crippen molar-refractivity contribution < 1.29 is 19.0 Å². The maximum Gasteiger partial charge on any atom is 0.339 e. The largest absolute Gasteiger partial charge is 0.462 e. The summed E-state index contributed by atoms with van der Waals surface area (Å²) in [5.41, 5.74) is 6.64. The van der Waals surface area contributed by atoms with Crippen molar-refractivity contribution in [3.63, 3.8) is 0 Å². The lowest BCUT2D eigenvalue weighted by Crippen LogP contribution is -2.10. The number of nitrogens with two attached hydrogens (primary N) is 1. The smallest absolute Gasteiger partial charge is 0.339 e. The van der Waals surface area contributed by atoms with E-state index in [1.165, 1.54) is 0 Å². The Morgan fingerprint density at radius 2 is 2.05 bits per heavy atom. The van der Waals surface area contributed by atoms with Crippen LogP contribution < -0.4 is 5.73 Å². The third-order valence-corrected chi connectivity index (χ3v) is 3.23. The number of benzene rings is 1. The number of ether oxygens (including phenoxy) is 3. The van der Waals surface area contributed by atoms with Gasteiger partial charge in [-0.1, -0.05) is 6.07 Å². The topological polar surface area (TPSA) is 70.8 Å². The van der Waals surface area contributed by atoms with E-state index in [9.17, 15) is 4.79 Å². The number of halogens is 1. The van der Waals surface area contributed by atoms with Crippen LogP contribution in [0.1, 0.15) is 16.8 Å². The summed E-state index contributed by atoms with van der Waals surface area (Å²) in [5.74, 6) is -0.393. The zero-order chi connectivity index (χ0) is 14.1. The molecule has 0 saturated carbocycles. The number of carbonyl (C=O) groups is 1. The first-order valence-corrected chi connectivity index (χ1v) is 6.74. The molecule has 6 heteroatoms. The van der Waals surface area contributed by atoms with Crippen LogP contribution in [0.4, 0.5) is 5.69 Å². The molecule has 0 radical (unpaired) electrons. The minimum absolute atomic E-state index is 0.313. The summed E-state index contributed by atoms with van der Waals surface area (Å²) in [7, 11) is 1.62. The first kappa shape index (κ1) is 15.9. The van der Waals surface area contributed by atoms with Gasteiger partial charge in [0.05, 0.1) is 29.9 Å². The maximum atomic E-state index is 11.8. The Balaban J connectivity index is 2.26. The van der Waals surface area contributed by atoms with Crippen LogP contribution in [0.5, 0.6) is 0 Å². The summed E-state index contributed by atoms with van der Waals surface area (Å²) in [5, 5.41) is 0. The molecule has 0 fully saturated rings. The van der Waals surface area contributed by atoms with Crippen molar-refractivity contribution in [3.05, 3.63) is 28.2 Å². The van der Waals surface area contributed by atoms with Gasteiger partial charge in [0.25, 0.3) is 0 Å². The maximum absolute atomic E-state index is 11.8. The van der Waals surface area contributed by atoms with Crippen LogP contribution in [0, 0.1) is 0 Å². The summed E-state index contributed by atoms with van der Waals surface area (Å²) in [4.78, 5) is 11.8. The number of carbonyl (C=O) groups excluding carboxylic acids is 1. The Kier molecular flexibility index (Phi) is 7.47. The molecular weight excluding hydrogens is 314 g/mol. The molecule has 0 aromatic heterocycles. The van der Waals surface area contributed by atoms with Crippen LogP contribution in [0.25, 0.3) is 0 Å². The van der Waals surface area contributed by atoms with Gasteiger partial charge in [-0.05, 0) is 28.1 Å². The summed E-state index contributed by atoms with van der Waals surface area (Å²) in [6.07, 6.45) is 0.648. The summed E-state index contributed by atoms with van der Waals surface area (Å²) < 4.78 is 15.8. The Bertz CT molecular complexity index is 412. The van der Waals surface area contributed by atoms with Gasteiger partial charge in [-0.2, -0.15) is 0 Å². The molecule has 0 spiro atoms. The van der Waals surface area contributed by atoms with Gasteiger partial charge in [-0.3, -0.25) is 0 Å². The third-order valence-electron chi connectivity index (χ3n) is 2.35. The predicted molar refractivity (Wildman–Crippen MR) is 76.1 cm³/mol. The monoisotopic (exact) mass is 331 g/mol. The lowest BCUT2D eigenvalue weighted by molar-refractivity contribution is 0.0385. The zero-order valence-electron chi connectivity index (χ0n) is 10.9. The van der Waals surface area contributed by atoms with Crippen molar-refractivity contribution in [2.75, 3.05) is 39.3 Å². The van der Waals surface area contributed by atoms with E-state index in [1.807, 2.05) is 0 Å². The second-order valence-corrected chi connectivity index (χ2v) is 4.60. The molecule has 0 aliphatic rings. The van der Waals surface area contributed by atoms with Crippen molar-refractivity contribution in [2.24, 2.45) is 0 Å². The number of esters is 1. The molecule has 19 heavy (non-hydrogen) atoms. The van der Waals surface area contributed by atoms with Crippen LogP contribution in [0.2, 0.25) is 0 Å². The Hall–Kier alpha value is -1.11. The molecule has 0 atom stereocenters. The normalized spacial score (nSPS) is 10.4. The Labute approximate surface area is 121 Å². The van der Waals surface area contributed by atoms with E-state index in [2.05, 4.69) is 15.9 Å². The van der Waals surface area contributed by atoms with Crippen molar-refractivity contribution in [2.45, 2.75) is 6.42 Å². The molecule has 0 bridgehead atoms. The molecule has 0 heterocycles. The minimum atomic E-state index is -0.393. The minimum Gasteiger partial charge on any atom is -0.462 e. The molecule has 2 N–H and O–H groups in total. The fourth-order valence-electron chi connectivity index (χ4n) is 1.36. The van der Waals surface area contributed by atoms with Gasteiger partial charge in [-0.15, -0.1) is 0 Å². The molecule has 1 aromatic carbocycles. The summed E-state index contributed by atoms with van der Waals surface area (Å²) in [6, 6.07) is 5.09. The average molecular weight is 332 g/mol. The molecule has 0 aliphatic carbocycles. The van der Waals surface area contributed by atoms with E-state index in [-0.39, 0.29) is 0 Å². The van der Waals surface area contributed by atoms with Gasteiger partial charge < -0.3 is 19.9 Å². The summed E-state index contributed by atoms with van der Waals surface area (Å²) in [6.45, 7) is 1.96. The van der Waals surface area contributed by atoms with Gasteiger partial charge in [0.2, 0.25) is 0 Å². The fraction of sp³-hybridized carbons (Fsp3) is 0.462. The second kappa shape index (κ2) is 8.90. The zero-order valence-corrected chi connectivity index (χ0v) is 12.4. The summed E-state index contributed by atoms with van der Waals surface area (Å²) >= 11 is 3.27. The van der Waals surface area contributed by atoms with E-state index in [1.54, 1.807) is 25.3 Å². The second-order valence-electron chi connectivity index (χ2n) is 3.80. The standard InChI is InChI=1S/C13H18BrNO4/c1-17-8-9-18-6-3-7-19-13(16)10-4-2-5-11(15)12(10)14/h2,4-5H,3,6-9,15H2,1H3. The number of nitrogen functional groups attached to an aromatic ring is 1. The number of anilines is 1. The molecule has 0 saturated heterocycles. The predicted octanol–water partition coefficient (Wildman–Crippen LogP) is 2.24. The fourth-order valence-corrected chi connectivity index (χ4v) is 1.78. The molecule has 106 valence electrons. The molecule has 0 unspecified atom stereocenters.